The van der Waals surface area contributed by atoms with Gasteiger partial charge in [-0.3, -0.25) is 5.43 Å². The number of carboxylic acid groups (broad SMARTS) is 1. The second-order valence-electron chi connectivity index (χ2n) is 4.64. The van der Waals surface area contributed by atoms with E-state index >= 15 is 0 Å². The number of nitrogens with one attached hydrogen (secondary N) is 1. The number of anilines is 1. The first-order chi connectivity index (χ1) is 12.0. The molecule has 0 aromatic heterocycles. The van der Waals surface area contributed by atoms with Gasteiger partial charge in [-0.25, -0.2) is 4.79 Å². The summed E-state index contributed by atoms with van der Waals surface area (Å²) in [5.74, 6) is -0.851. The average molecular weight is 381 g/mol. The molecule has 0 aliphatic carbocycles. The van der Waals surface area contributed by atoms with Gasteiger partial charge in [0, 0.05) is 5.02 Å². The zero-order valence-corrected chi connectivity index (χ0v) is 14.6. The molecular formula is C17H14Cl2N2O4. The summed E-state index contributed by atoms with van der Waals surface area (Å²) in [7, 11) is 1.53. The van der Waals surface area contributed by atoms with Crippen molar-refractivity contribution in [1.29, 1.82) is 0 Å². The summed E-state index contributed by atoms with van der Waals surface area (Å²) in [6.45, 7) is 0. The molecule has 0 unspecified atom stereocenters. The first-order valence-electron chi connectivity index (χ1n) is 6.99. The summed E-state index contributed by atoms with van der Waals surface area (Å²) in [5.41, 5.74) is 3.37. The summed E-state index contributed by atoms with van der Waals surface area (Å²) in [4.78, 5) is 11.4. The summed E-state index contributed by atoms with van der Waals surface area (Å²) in [6.07, 6.45) is 1.14. The van der Waals surface area contributed by atoms with Gasteiger partial charge in [-0.1, -0.05) is 23.2 Å². The number of hydrogen-bond acceptors (Lipinski definition) is 5. The van der Waals surface area contributed by atoms with Crippen molar-refractivity contribution in [2.45, 2.75) is 0 Å². The molecule has 0 bridgehead atoms. The average Bonchev–Trinajstić information content (AvgIpc) is 2.61. The van der Waals surface area contributed by atoms with Gasteiger partial charge in [-0.05, 0) is 48.5 Å². The molecule has 0 amide bonds. The maximum absolute atomic E-state index is 11.4. The van der Waals surface area contributed by atoms with Crippen LogP contribution in [0.3, 0.4) is 0 Å². The third kappa shape index (κ3) is 5.70. The number of methoxy groups -OCH3 is 1. The lowest BCUT2D eigenvalue weighted by molar-refractivity contribution is -0.135. The lowest BCUT2D eigenvalue weighted by atomic mass is 10.3. The SMILES string of the molecule is COc1ccc(O/C(C(=O)O)=C(Cl)/C=N\Nc2ccc(Cl)cc2)cc1. The summed E-state index contributed by atoms with van der Waals surface area (Å²) in [6, 6.07) is 13.2. The third-order valence-electron chi connectivity index (χ3n) is 2.91. The fourth-order valence-corrected chi connectivity index (χ4v) is 2.00. The normalized spacial score (nSPS) is 11.8. The molecule has 130 valence electrons. The number of benzene rings is 2. The number of nitrogens with zero attached hydrogens (tertiary/aromatic N) is 1. The van der Waals surface area contributed by atoms with Crippen LogP contribution in [0.2, 0.25) is 5.02 Å². The van der Waals surface area contributed by atoms with E-state index in [1.165, 1.54) is 7.11 Å². The highest BCUT2D eigenvalue weighted by atomic mass is 35.5. The van der Waals surface area contributed by atoms with Crippen molar-refractivity contribution in [3.8, 4) is 11.5 Å². The Morgan fingerprint density at radius 3 is 2.28 bits per heavy atom. The van der Waals surface area contributed by atoms with Crippen molar-refractivity contribution in [2.75, 3.05) is 12.5 Å². The molecule has 2 aromatic carbocycles. The van der Waals surface area contributed by atoms with Crippen LogP contribution in [-0.2, 0) is 4.79 Å². The van der Waals surface area contributed by atoms with Gasteiger partial charge < -0.3 is 14.6 Å². The number of carboxylic acids is 1. The van der Waals surface area contributed by atoms with Crippen molar-refractivity contribution in [3.05, 3.63) is 64.3 Å². The number of allylic oxidation sites excluding steroid dienone is 1. The van der Waals surface area contributed by atoms with E-state index in [4.69, 9.17) is 32.7 Å². The van der Waals surface area contributed by atoms with Crippen LogP contribution in [0.5, 0.6) is 11.5 Å². The summed E-state index contributed by atoms with van der Waals surface area (Å²) < 4.78 is 10.3. The highest BCUT2D eigenvalue weighted by molar-refractivity contribution is 6.41. The van der Waals surface area contributed by atoms with Crippen molar-refractivity contribution in [3.63, 3.8) is 0 Å². The fourth-order valence-electron chi connectivity index (χ4n) is 1.70. The van der Waals surface area contributed by atoms with E-state index in [2.05, 4.69) is 10.5 Å². The molecule has 0 spiro atoms. The van der Waals surface area contributed by atoms with Crippen LogP contribution in [0.1, 0.15) is 0 Å². The first kappa shape index (κ1) is 18.6. The zero-order valence-electron chi connectivity index (χ0n) is 13.1. The van der Waals surface area contributed by atoms with Gasteiger partial charge >= 0.3 is 5.97 Å². The van der Waals surface area contributed by atoms with E-state index in [-0.39, 0.29) is 5.03 Å². The minimum absolute atomic E-state index is 0.176. The van der Waals surface area contributed by atoms with E-state index in [9.17, 15) is 9.90 Å². The van der Waals surface area contributed by atoms with Crippen LogP contribution < -0.4 is 14.9 Å². The standard InChI is InChI=1S/C17H14Cl2N2O4/c1-24-13-6-8-14(9-7-13)25-16(17(22)23)15(19)10-20-21-12-4-2-11(18)3-5-12/h2-10,21H,1H3,(H,22,23)/b16-15-,20-10-. The van der Waals surface area contributed by atoms with Gasteiger partial charge in [0.25, 0.3) is 0 Å². The Balaban J connectivity index is 2.10. The highest BCUT2D eigenvalue weighted by Gasteiger charge is 2.15. The largest absolute Gasteiger partial charge is 0.497 e. The molecule has 0 aliphatic rings. The molecule has 0 heterocycles. The molecule has 2 aromatic rings. The van der Waals surface area contributed by atoms with Crippen LogP contribution >= 0.6 is 23.2 Å². The van der Waals surface area contributed by atoms with Gasteiger partial charge in [0.15, 0.2) is 0 Å². The Morgan fingerprint density at radius 2 is 1.72 bits per heavy atom. The second kappa shape index (κ2) is 8.96. The van der Waals surface area contributed by atoms with Crippen LogP contribution in [0.15, 0.2) is 64.4 Å². The minimum Gasteiger partial charge on any atom is -0.497 e. The number of carbonyl (C=O) groups is 1. The van der Waals surface area contributed by atoms with Gasteiger partial charge in [-0.2, -0.15) is 5.10 Å². The Kier molecular flexibility index (Phi) is 6.68. The Labute approximate surface area is 154 Å². The lowest BCUT2D eigenvalue weighted by Gasteiger charge is -2.08. The minimum atomic E-state index is -1.32. The number of aliphatic carboxylic acids is 1. The Morgan fingerprint density at radius 1 is 1.12 bits per heavy atom. The van der Waals surface area contributed by atoms with E-state index in [1.807, 2.05) is 0 Å². The van der Waals surface area contributed by atoms with Crippen molar-refractivity contribution in [1.82, 2.24) is 0 Å². The van der Waals surface area contributed by atoms with Crippen LogP contribution in [0, 0.1) is 0 Å². The molecule has 0 aliphatic heterocycles. The van der Waals surface area contributed by atoms with Gasteiger partial charge in [-0.15, -0.1) is 0 Å². The molecule has 8 heteroatoms. The highest BCUT2D eigenvalue weighted by Crippen LogP contribution is 2.21. The monoisotopic (exact) mass is 380 g/mol. The van der Waals surface area contributed by atoms with Gasteiger partial charge in [0.2, 0.25) is 5.76 Å². The zero-order chi connectivity index (χ0) is 18.2. The van der Waals surface area contributed by atoms with E-state index in [0.717, 1.165) is 6.21 Å². The predicted octanol–water partition coefficient (Wildman–Crippen LogP) is 4.36. The Hall–Kier alpha value is -2.70. The summed E-state index contributed by atoms with van der Waals surface area (Å²) in [5, 5.41) is 13.6. The molecule has 0 fully saturated rings. The smallest absolute Gasteiger partial charge is 0.373 e. The molecular weight excluding hydrogens is 367 g/mol. The van der Waals surface area contributed by atoms with Gasteiger partial charge in [0.05, 0.1) is 19.0 Å². The van der Waals surface area contributed by atoms with E-state index < -0.39 is 11.7 Å². The maximum Gasteiger partial charge on any atom is 0.373 e. The topological polar surface area (TPSA) is 80.2 Å². The van der Waals surface area contributed by atoms with E-state index in [0.29, 0.717) is 22.2 Å². The summed E-state index contributed by atoms with van der Waals surface area (Å²) >= 11 is 11.8. The molecule has 0 radical (unpaired) electrons. The molecule has 0 atom stereocenters. The van der Waals surface area contributed by atoms with Crippen molar-refractivity contribution < 1.29 is 19.4 Å². The Bertz CT molecular complexity index is 787. The molecule has 0 saturated heterocycles. The lowest BCUT2D eigenvalue weighted by Crippen LogP contribution is -2.10. The van der Waals surface area contributed by atoms with E-state index in [1.54, 1.807) is 48.5 Å². The predicted molar refractivity (Wildman–Crippen MR) is 97.7 cm³/mol. The molecule has 6 nitrogen and oxygen atoms in total. The number of halogens is 2. The van der Waals surface area contributed by atoms with Crippen LogP contribution in [-0.4, -0.2) is 24.4 Å². The number of ether oxygens (including phenoxy) is 2. The number of hydrazone groups is 1. The van der Waals surface area contributed by atoms with Gasteiger partial charge in [0.1, 0.15) is 16.5 Å². The van der Waals surface area contributed by atoms with Crippen molar-refractivity contribution >= 4 is 41.1 Å². The quantitative estimate of drug-likeness (QED) is 0.322. The molecule has 25 heavy (non-hydrogen) atoms. The fraction of sp³-hybridized carbons (Fsp3) is 0.0588. The van der Waals surface area contributed by atoms with Crippen LogP contribution in [0.25, 0.3) is 0 Å². The third-order valence-corrected chi connectivity index (χ3v) is 3.43. The number of hydrogen-bond donors (Lipinski definition) is 2. The molecule has 0 saturated carbocycles. The molecule has 2 N–H and O–H groups in total. The van der Waals surface area contributed by atoms with Crippen LogP contribution in [0.4, 0.5) is 5.69 Å². The number of rotatable bonds is 7. The maximum atomic E-state index is 11.4. The second-order valence-corrected chi connectivity index (χ2v) is 5.48. The molecule has 2 rings (SSSR count). The first-order valence-corrected chi connectivity index (χ1v) is 7.75. The van der Waals surface area contributed by atoms with Crippen molar-refractivity contribution in [2.24, 2.45) is 5.10 Å².